The number of nitrogens with zero attached hydrogens (tertiary/aromatic N) is 1. The maximum Gasteiger partial charge on any atom is 0.273 e. The van der Waals surface area contributed by atoms with Crippen LogP contribution >= 0.6 is 0 Å². The van der Waals surface area contributed by atoms with Gasteiger partial charge < -0.3 is 10.6 Å². The summed E-state index contributed by atoms with van der Waals surface area (Å²) in [6.07, 6.45) is 0. The molecule has 10 nitrogen and oxygen atoms in total. The van der Waals surface area contributed by atoms with E-state index in [1.54, 1.807) is 84.9 Å². The minimum absolute atomic E-state index is 0.00821. The number of carbonyl (C=O) groups is 3. The highest BCUT2D eigenvalue weighted by Crippen LogP contribution is 2.17. The number of sulfonamides is 1. The molecule has 0 fully saturated rings. The first-order valence-corrected chi connectivity index (χ1v) is 14.0. The van der Waals surface area contributed by atoms with Crippen LogP contribution in [0.2, 0.25) is 0 Å². The molecular weight excluding hydrogens is 542 g/mol. The fourth-order valence-corrected chi connectivity index (χ4v) is 4.74. The molecular formula is C30H27N5O5S. The molecule has 0 bridgehead atoms. The first kappa shape index (κ1) is 28.9. The lowest BCUT2D eigenvalue weighted by atomic mass is 10.1. The summed E-state index contributed by atoms with van der Waals surface area (Å²) in [5, 5.41) is 9.55. The third kappa shape index (κ3) is 7.94. The van der Waals surface area contributed by atoms with Crippen LogP contribution in [0.3, 0.4) is 0 Å². The number of anilines is 2. The Morgan fingerprint density at radius 3 is 1.90 bits per heavy atom. The third-order valence-corrected chi connectivity index (χ3v) is 7.19. The van der Waals surface area contributed by atoms with E-state index in [9.17, 15) is 22.8 Å². The van der Waals surface area contributed by atoms with Crippen molar-refractivity contribution in [1.29, 1.82) is 0 Å². The second-order valence-corrected chi connectivity index (χ2v) is 10.5. The van der Waals surface area contributed by atoms with Gasteiger partial charge in [-0.25, -0.2) is 18.6 Å². The predicted octanol–water partition coefficient (Wildman–Crippen LogP) is 4.01. The lowest BCUT2D eigenvalue weighted by Gasteiger charge is -2.12. The Kier molecular flexibility index (Phi) is 9.35. The number of hydrogen-bond acceptors (Lipinski definition) is 6. The molecule has 4 rings (SSSR count). The second kappa shape index (κ2) is 13.3. The summed E-state index contributed by atoms with van der Waals surface area (Å²) in [5.74, 6) is -1.25. The summed E-state index contributed by atoms with van der Waals surface area (Å²) in [7, 11) is -3.95. The van der Waals surface area contributed by atoms with E-state index in [4.69, 9.17) is 0 Å². The smallest absolute Gasteiger partial charge is 0.273 e. The molecule has 0 aliphatic heterocycles. The highest BCUT2D eigenvalue weighted by atomic mass is 32.2. The van der Waals surface area contributed by atoms with Crippen molar-refractivity contribution in [3.05, 3.63) is 126 Å². The Bertz CT molecular complexity index is 1670. The Hall–Kier alpha value is -5.13. The van der Waals surface area contributed by atoms with E-state index in [-0.39, 0.29) is 34.5 Å². The van der Waals surface area contributed by atoms with Crippen molar-refractivity contribution < 1.29 is 22.8 Å². The molecule has 0 unspecified atom stereocenters. The number of para-hydroxylation sites is 1. The van der Waals surface area contributed by atoms with E-state index in [0.29, 0.717) is 22.5 Å². The summed E-state index contributed by atoms with van der Waals surface area (Å²) < 4.78 is 28.4. The van der Waals surface area contributed by atoms with Gasteiger partial charge in [-0.3, -0.25) is 14.4 Å². The molecule has 0 aromatic heterocycles. The van der Waals surface area contributed by atoms with Gasteiger partial charge in [-0.2, -0.15) is 5.10 Å². The van der Waals surface area contributed by atoms with E-state index in [1.165, 1.54) is 31.2 Å². The first-order valence-electron chi connectivity index (χ1n) is 12.5. The summed E-state index contributed by atoms with van der Waals surface area (Å²) in [6, 6.07) is 29.6. The molecule has 0 heterocycles. The fraction of sp³-hybridized carbons (Fsp3) is 0.0667. The monoisotopic (exact) mass is 569 g/mol. The summed E-state index contributed by atoms with van der Waals surface area (Å²) in [6.45, 7) is 1.13. The van der Waals surface area contributed by atoms with Gasteiger partial charge in [0.1, 0.15) is 0 Å². The molecule has 4 N–H and O–H groups in total. The average Bonchev–Trinajstić information content (AvgIpc) is 2.98. The van der Waals surface area contributed by atoms with Crippen molar-refractivity contribution in [2.75, 3.05) is 17.2 Å². The van der Waals surface area contributed by atoms with Gasteiger partial charge >= 0.3 is 0 Å². The number of carbonyl (C=O) groups excluding carboxylic acids is 3. The molecule has 0 radical (unpaired) electrons. The highest BCUT2D eigenvalue weighted by molar-refractivity contribution is 7.89. The van der Waals surface area contributed by atoms with Gasteiger partial charge in [0.25, 0.3) is 11.8 Å². The maximum absolute atomic E-state index is 13.1. The first-order chi connectivity index (χ1) is 19.7. The van der Waals surface area contributed by atoms with Gasteiger partial charge in [0.2, 0.25) is 15.9 Å². The van der Waals surface area contributed by atoms with Crippen LogP contribution in [0.5, 0.6) is 0 Å². The molecule has 4 aromatic rings. The van der Waals surface area contributed by atoms with Gasteiger partial charge in [-0.15, -0.1) is 0 Å². The molecule has 0 saturated heterocycles. The summed E-state index contributed by atoms with van der Waals surface area (Å²) in [4.78, 5) is 37.0. The SMILES string of the molecule is CC(=O)Nc1ccc(S(=O)(=O)NCC(=NNC(=O)c2ccccc2NC(=O)c2ccccc2)c2ccccc2)cc1. The zero-order valence-electron chi connectivity index (χ0n) is 22.0. The van der Waals surface area contributed by atoms with E-state index in [0.717, 1.165) is 0 Å². The van der Waals surface area contributed by atoms with Gasteiger partial charge in [0, 0.05) is 18.2 Å². The number of hydrazone groups is 1. The lowest BCUT2D eigenvalue weighted by Crippen LogP contribution is -2.32. The van der Waals surface area contributed by atoms with E-state index in [1.807, 2.05) is 0 Å². The Labute approximate surface area is 237 Å². The number of benzene rings is 4. The van der Waals surface area contributed by atoms with Crippen molar-refractivity contribution in [2.24, 2.45) is 5.10 Å². The van der Waals surface area contributed by atoms with Crippen molar-refractivity contribution in [1.82, 2.24) is 10.1 Å². The molecule has 0 spiro atoms. The summed E-state index contributed by atoms with van der Waals surface area (Å²) >= 11 is 0. The molecule has 41 heavy (non-hydrogen) atoms. The molecule has 3 amide bonds. The van der Waals surface area contributed by atoms with Crippen LogP contribution in [0.25, 0.3) is 0 Å². The van der Waals surface area contributed by atoms with Crippen molar-refractivity contribution in [3.8, 4) is 0 Å². The molecule has 0 aliphatic carbocycles. The molecule has 0 saturated carbocycles. The molecule has 4 aromatic carbocycles. The fourth-order valence-electron chi connectivity index (χ4n) is 3.76. The van der Waals surface area contributed by atoms with Gasteiger partial charge in [-0.05, 0) is 54.1 Å². The molecule has 208 valence electrons. The number of rotatable bonds is 10. The largest absolute Gasteiger partial charge is 0.326 e. The molecule has 0 atom stereocenters. The van der Waals surface area contributed by atoms with Crippen molar-refractivity contribution in [2.45, 2.75) is 11.8 Å². The zero-order valence-corrected chi connectivity index (χ0v) is 22.8. The van der Waals surface area contributed by atoms with Gasteiger partial charge in [0.15, 0.2) is 0 Å². The number of hydrogen-bond donors (Lipinski definition) is 4. The topological polar surface area (TPSA) is 146 Å². The number of amides is 3. The van der Waals surface area contributed by atoms with Gasteiger partial charge in [-0.1, -0.05) is 60.7 Å². The van der Waals surface area contributed by atoms with Crippen molar-refractivity contribution >= 4 is 44.8 Å². The maximum atomic E-state index is 13.1. The van der Waals surface area contributed by atoms with E-state index >= 15 is 0 Å². The van der Waals surface area contributed by atoms with Crippen LogP contribution in [0, 0.1) is 0 Å². The third-order valence-electron chi connectivity index (χ3n) is 5.77. The summed E-state index contributed by atoms with van der Waals surface area (Å²) in [5.41, 5.74) is 4.68. The predicted molar refractivity (Wildman–Crippen MR) is 157 cm³/mol. The zero-order chi connectivity index (χ0) is 29.2. The Morgan fingerprint density at radius 2 is 1.27 bits per heavy atom. The lowest BCUT2D eigenvalue weighted by molar-refractivity contribution is -0.114. The Balaban J connectivity index is 1.51. The molecule has 0 aliphatic rings. The van der Waals surface area contributed by atoms with Crippen LogP contribution in [-0.4, -0.2) is 38.4 Å². The minimum atomic E-state index is -3.95. The Morgan fingerprint density at radius 1 is 0.683 bits per heavy atom. The molecule has 11 heteroatoms. The standard InChI is InChI=1S/C30H27N5O5S/c1-21(36)32-24-16-18-25(19-17-24)41(39,40)31-20-28(22-10-4-2-5-11-22)34-35-30(38)26-14-8-9-15-27(26)33-29(37)23-12-6-3-7-13-23/h2-19,31H,20H2,1H3,(H,32,36)(H,33,37)(H,35,38). The van der Waals surface area contributed by atoms with Crippen LogP contribution in [0.1, 0.15) is 33.2 Å². The van der Waals surface area contributed by atoms with Crippen LogP contribution in [0.15, 0.2) is 119 Å². The van der Waals surface area contributed by atoms with Crippen LogP contribution in [0.4, 0.5) is 11.4 Å². The van der Waals surface area contributed by atoms with Crippen molar-refractivity contribution in [3.63, 3.8) is 0 Å². The van der Waals surface area contributed by atoms with Crippen LogP contribution in [-0.2, 0) is 14.8 Å². The normalized spacial score (nSPS) is 11.4. The van der Waals surface area contributed by atoms with E-state index in [2.05, 4.69) is 25.9 Å². The highest BCUT2D eigenvalue weighted by Gasteiger charge is 2.17. The number of nitrogens with one attached hydrogen (secondary N) is 4. The van der Waals surface area contributed by atoms with E-state index < -0.39 is 15.9 Å². The van der Waals surface area contributed by atoms with Gasteiger partial charge in [0.05, 0.1) is 28.4 Å². The second-order valence-electron chi connectivity index (χ2n) is 8.76. The average molecular weight is 570 g/mol. The van der Waals surface area contributed by atoms with Crippen LogP contribution < -0.4 is 20.8 Å². The quantitative estimate of drug-likeness (QED) is 0.168. The minimum Gasteiger partial charge on any atom is -0.326 e.